The van der Waals surface area contributed by atoms with Crippen molar-refractivity contribution in [3.05, 3.63) is 23.9 Å². The van der Waals surface area contributed by atoms with Gasteiger partial charge in [0.05, 0.1) is 5.56 Å². The highest BCUT2D eigenvalue weighted by Crippen LogP contribution is 2.22. The van der Waals surface area contributed by atoms with Gasteiger partial charge in [-0.15, -0.1) is 11.8 Å². The molecule has 7 nitrogen and oxygen atoms in total. The SMILES string of the molecule is CC1(C)NC(=O)N(CCSc2ncccc2C(=O)O)C1=O. The van der Waals surface area contributed by atoms with Gasteiger partial charge in [0.25, 0.3) is 5.91 Å². The Hall–Kier alpha value is -2.09. The fourth-order valence-corrected chi connectivity index (χ4v) is 2.84. The lowest BCUT2D eigenvalue weighted by Gasteiger charge is -2.15. The molecule has 1 aliphatic rings. The van der Waals surface area contributed by atoms with Gasteiger partial charge in [-0.05, 0) is 26.0 Å². The molecule has 112 valence electrons. The minimum Gasteiger partial charge on any atom is -0.478 e. The van der Waals surface area contributed by atoms with Gasteiger partial charge in [0.15, 0.2) is 0 Å². The molecule has 0 spiro atoms. The summed E-state index contributed by atoms with van der Waals surface area (Å²) in [6.45, 7) is 3.48. The topological polar surface area (TPSA) is 99.6 Å². The molecule has 0 atom stereocenters. The first kappa shape index (κ1) is 15.3. The number of aromatic carboxylic acids is 1. The van der Waals surface area contributed by atoms with E-state index in [4.69, 9.17) is 5.11 Å². The molecule has 3 amide bonds. The van der Waals surface area contributed by atoms with Crippen LogP contribution in [0.25, 0.3) is 0 Å². The van der Waals surface area contributed by atoms with Crippen LogP contribution in [0.5, 0.6) is 0 Å². The van der Waals surface area contributed by atoms with Crippen LogP contribution in [0, 0.1) is 0 Å². The number of carboxylic acid groups (broad SMARTS) is 1. The van der Waals surface area contributed by atoms with Crippen LogP contribution in [0.3, 0.4) is 0 Å². The van der Waals surface area contributed by atoms with Gasteiger partial charge in [0, 0.05) is 18.5 Å². The van der Waals surface area contributed by atoms with Crippen LogP contribution in [0.2, 0.25) is 0 Å². The number of carboxylic acids is 1. The molecule has 1 aromatic heterocycles. The Morgan fingerprint density at radius 3 is 2.76 bits per heavy atom. The molecule has 2 N–H and O–H groups in total. The van der Waals surface area contributed by atoms with Gasteiger partial charge < -0.3 is 10.4 Å². The van der Waals surface area contributed by atoms with Crippen molar-refractivity contribution in [3.63, 3.8) is 0 Å². The van der Waals surface area contributed by atoms with E-state index in [9.17, 15) is 14.4 Å². The van der Waals surface area contributed by atoms with Crippen molar-refractivity contribution in [2.45, 2.75) is 24.4 Å². The molecule has 1 saturated heterocycles. The maximum atomic E-state index is 12.0. The van der Waals surface area contributed by atoms with E-state index in [-0.39, 0.29) is 18.0 Å². The molecule has 1 aliphatic heterocycles. The maximum absolute atomic E-state index is 12.0. The lowest BCUT2D eigenvalue weighted by Crippen LogP contribution is -2.40. The summed E-state index contributed by atoms with van der Waals surface area (Å²) in [4.78, 5) is 39.9. The highest BCUT2D eigenvalue weighted by atomic mass is 32.2. The first-order valence-corrected chi connectivity index (χ1v) is 7.26. The summed E-state index contributed by atoms with van der Waals surface area (Å²) in [5.74, 6) is -0.957. The number of carbonyl (C=O) groups excluding carboxylic acids is 2. The Bertz CT molecular complexity index is 603. The van der Waals surface area contributed by atoms with E-state index in [1.807, 2.05) is 0 Å². The number of carbonyl (C=O) groups is 3. The number of imide groups is 1. The number of aromatic nitrogens is 1. The van der Waals surface area contributed by atoms with Crippen molar-refractivity contribution in [1.29, 1.82) is 0 Å². The highest BCUT2D eigenvalue weighted by Gasteiger charge is 2.43. The van der Waals surface area contributed by atoms with E-state index < -0.39 is 17.5 Å². The van der Waals surface area contributed by atoms with Crippen LogP contribution in [-0.2, 0) is 4.79 Å². The molecule has 0 unspecified atom stereocenters. The second-order valence-electron chi connectivity index (χ2n) is 5.02. The third-order valence-electron chi connectivity index (χ3n) is 3.00. The van der Waals surface area contributed by atoms with Gasteiger partial charge in [-0.3, -0.25) is 9.69 Å². The third-order valence-corrected chi connectivity index (χ3v) is 3.99. The van der Waals surface area contributed by atoms with Crippen molar-refractivity contribution in [2.75, 3.05) is 12.3 Å². The number of thioether (sulfide) groups is 1. The maximum Gasteiger partial charge on any atom is 0.338 e. The summed E-state index contributed by atoms with van der Waals surface area (Å²) in [6, 6.07) is 2.59. The molecule has 0 aliphatic carbocycles. The molecule has 0 bridgehead atoms. The van der Waals surface area contributed by atoms with E-state index in [1.165, 1.54) is 24.0 Å². The van der Waals surface area contributed by atoms with Crippen LogP contribution in [0.1, 0.15) is 24.2 Å². The predicted molar refractivity (Wildman–Crippen MR) is 76.2 cm³/mol. The average Bonchev–Trinajstić information content (AvgIpc) is 2.61. The molecular weight excluding hydrogens is 294 g/mol. The summed E-state index contributed by atoms with van der Waals surface area (Å²) in [5.41, 5.74) is -0.779. The molecule has 2 heterocycles. The van der Waals surface area contributed by atoms with E-state index in [2.05, 4.69) is 10.3 Å². The number of nitrogens with zero attached hydrogens (tertiary/aromatic N) is 2. The van der Waals surface area contributed by atoms with Crippen LogP contribution in [-0.4, -0.2) is 50.7 Å². The van der Waals surface area contributed by atoms with E-state index in [0.717, 1.165) is 4.90 Å². The van der Waals surface area contributed by atoms with E-state index in [1.54, 1.807) is 19.9 Å². The second kappa shape index (κ2) is 5.72. The lowest BCUT2D eigenvalue weighted by atomic mass is 10.1. The summed E-state index contributed by atoms with van der Waals surface area (Å²) in [5, 5.41) is 12.0. The monoisotopic (exact) mass is 309 g/mol. The average molecular weight is 309 g/mol. The number of rotatable bonds is 5. The van der Waals surface area contributed by atoms with Gasteiger partial charge in [0.2, 0.25) is 0 Å². The van der Waals surface area contributed by atoms with Gasteiger partial charge in [-0.2, -0.15) is 0 Å². The summed E-state index contributed by atoms with van der Waals surface area (Å²) in [7, 11) is 0. The third kappa shape index (κ3) is 3.15. The van der Waals surface area contributed by atoms with Crippen molar-refractivity contribution < 1.29 is 19.5 Å². The highest BCUT2D eigenvalue weighted by molar-refractivity contribution is 7.99. The quantitative estimate of drug-likeness (QED) is 0.626. The second-order valence-corrected chi connectivity index (χ2v) is 6.11. The zero-order valence-electron chi connectivity index (χ0n) is 11.6. The number of nitrogens with one attached hydrogen (secondary N) is 1. The normalized spacial score (nSPS) is 17.0. The molecule has 2 rings (SSSR count). The lowest BCUT2D eigenvalue weighted by molar-refractivity contribution is -0.130. The molecule has 0 saturated carbocycles. The van der Waals surface area contributed by atoms with Crippen molar-refractivity contribution in [2.24, 2.45) is 0 Å². The Labute approximate surface area is 125 Å². The summed E-state index contributed by atoms with van der Waals surface area (Å²) in [6.07, 6.45) is 1.51. The number of hydrogen-bond donors (Lipinski definition) is 2. The molecule has 8 heteroatoms. The van der Waals surface area contributed by atoms with Crippen LogP contribution in [0.4, 0.5) is 4.79 Å². The largest absolute Gasteiger partial charge is 0.478 e. The van der Waals surface area contributed by atoms with Crippen LogP contribution in [0.15, 0.2) is 23.4 Å². The van der Waals surface area contributed by atoms with Crippen molar-refractivity contribution in [1.82, 2.24) is 15.2 Å². The first-order chi connectivity index (χ1) is 9.83. The summed E-state index contributed by atoms with van der Waals surface area (Å²) >= 11 is 1.20. The van der Waals surface area contributed by atoms with E-state index >= 15 is 0 Å². The number of hydrogen-bond acceptors (Lipinski definition) is 5. The Morgan fingerprint density at radius 2 is 2.19 bits per heavy atom. The molecule has 1 fully saturated rings. The molecular formula is C13H15N3O4S. The number of amides is 3. The molecule has 1 aromatic rings. The van der Waals surface area contributed by atoms with Gasteiger partial charge >= 0.3 is 12.0 Å². The minimum atomic E-state index is -1.05. The van der Waals surface area contributed by atoms with Gasteiger partial charge in [0.1, 0.15) is 10.6 Å². The predicted octanol–water partition coefficient (Wildman–Crippen LogP) is 1.20. The fraction of sp³-hybridized carbons (Fsp3) is 0.385. The Balaban J connectivity index is 1.98. The zero-order valence-corrected chi connectivity index (χ0v) is 12.4. The minimum absolute atomic E-state index is 0.111. The Kier molecular flexibility index (Phi) is 4.17. The fourth-order valence-electron chi connectivity index (χ4n) is 1.92. The molecule has 0 radical (unpaired) electrons. The van der Waals surface area contributed by atoms with Crippen LogP contribution < -0.4 is 5.32 Å². The van der Waals surface area contributed by atoms with Crippen LogP contribution >= 0.6 is 11.8 Å². The number of urea groups is 1. The summed E-state index contributed by atoms with van der Waals surface area (Å²) < 4.78 is 0. The van der Waals surface area contributed by atoms with Gasteiger partial charge in [-0.1, -0.05) is 0 Å². The molecule has 0 aromatic carbocycles. The van der Waals surface area contributed by atoms with Crippen molar-refractivity contribution >= 4 is 29.7 Å². The molecule has 21 heavy (non-hydrogen) atoms. The number of pyridine rings is 1. The standard InChI is InChI=1S/C13H15N3O4S/c1-13(2)11(19)16(12(20)15-13)6-7-21-9-8(10(17)18)4-3-5-14-9/h3-5H,6-7H2,1-2H3,(H,15,20)(H,17,18). The first-order valence-electron chi connectivity index (χ1n) is 6.28. The van der Waals surface area contributed by atoms with Crippen molar-refractivity contribution in [3.8, 4) is 0 Å². The van der Waals surface area contributed by atoms with E-state index in [0.29, 0.717) is 10.8 Å². The van der Waals surface area contributed by atoms with Gasteiger partial charge in [-0.25, -0.2) is 14.6 Å². The zero-order chi connectivity index (χ0) is 15.6. The Morgan fingerprint density at radius 1 is 1.48 bits per heavy atom. The smallest absolute Gasteiger partial charge is 0.338 e.